The van der Waals surface area contributed by atoms with Crippen molar-refractivity contribution in [2.45, 2.75) is 184 Å². The predicted octanol–water partition coefficient (Wildman–Crippen LogP) is 29.3. The largest absolute Gasteiger partial charge is 0.494 e. The van der Waals surface area contributed by atoms with E-state index in [0.29, 0.717) is 0 Å². The topological polar surface area (TPSA) is 21.7 Å². The first-order chi connectivity index (χ1) is 54.6. The summed E-state index contributed by atoms with van der Waals surface area (Å²) in [7, 11) is 2.67. The minimum Gasteiger partial charge on any atom is -0.494 e. The number of unbranched alkanes of at least 4 members (excludes halogenated alkanes) is 18. The maximum Gasteiger partial charge on any atom is 0.119 e. The summed E-state index contributed by atoms with van der Waals surface area (Å²) in [5.41, 5.74) is 17.4. The van der Waals surface area contributed by atoms with Gasteiger partial charge in [0.25, 0.3) is 0 Å². The number of nitrogens with zero attached hydrogens (tertiary/aromatic N) is 1. The van der Waals surface area contributed by atoms with Gasteiger partial charge in [0.05, 0.1) is 13.2 Å². The van der Waals surface area contributed by atoms with E-state index in [2.05, 4.69) is 92.5 Å². The highest BCUT2D eigenvalue weighted by molar-refractivity contribution is 6.80. The molecule has 0 aromatic heterocycles. The highest BCUT2D eigenvalue weighted by Gasteiger charge is 2.81. The zero-order valence-electron chi connectivity index (χ0n) is 62.5. The third kappa shape index (κ3) is 4.59. The van der Waals surface area contributed by atoms with Gasteiger partial charge in [-0.25, -0.2) is 0 Å². The molecule has 0 bridgehead atoms. The van der Waals surface area contributed by atoms with Gasteiger partial charge in [0.1, 0.15) is 11.5 Å². The van der Waals surface area contributed by atoms with E-state index >= 15 is 0 Å². The van der Waals surface area contributed by atoms with E-state index < -0.39 is 0 Å². The Balaban J connectivity index is 0.617. The number of likely N-dealkylation sites (tertiary alicyclic amines) is 1. The van der Waals surface area contributed by atoms with Gasteiger partial charge in [0.2, 0.25) is 0 Å². The van der Waals surface area contributed by atoms with E-state index in [1.165, 1.54) is 138 Å². The summed E-state index contributed by atoms with van der Waals surface area (Å²) in [5.74, 6) is 2.46. The average molecular weight is 1400 g/mol. The van der Waals surface area contributed by atoms with Crippen LogP contribution in [0.5, 0.6) is 11.5 Å². The summed E-state index contributed by atoms with van der Waals surface area (Å²) in [6, 6.07) is 27.1. The van der Waals surface area contributed by atoms with Crippen LogP contribution >= 0.6 is 0 Å². The molecule has 110 heavy (non-hydrogen) atoms. The first-order valence-electron chi connectivity index (χ1n) is 43.9. The molecule has 1 fully saturated rings. The summed E-state index contributed by atoms with van der Waals surface area (Å²) < 4.78 is 13.1. The summed E-state index contributed by atoms with van der Waals surface area (Å²) in [4.78, 5) is 3.08. The highest BCUT2D eigenvalue weighted by Crippen LogP contribution is 2.90. The van der Waals surface area contributed by atoms with Gasteiger partial charge in [-0.05, 0) is 388 Å². The van der Waals surface area contributed by atoms with Crippen LogP contribution in [0.15, 0.2) is 66.7 Å². The zero-order chi connectivity index (χ0) is 69.6. The lowest BCUT2D eigenvalue weighted by Gasteiger charge is -2.56. The average Bonchev–Trinajstić information content (AvgIpc) is 1.38. The Labute approximate surface area is 629 Å². The SMILES string of the molecule is CCCCCCCCCCCCOc1ccc(Cc2cc(Cc3ccc(OCCCCCCCCCCCC)cc3)cc(C3N(C)CC45c6c7c8c9c%10c%11c%12c%13c(c%14c%15c%16c%17c(c%18c6c6c7c7c9c9c%19c%10c%10c%12c%12c%13c%15c%13c%16c%15c%16c%17c%18c%17c6c6c7c9c7c9c%19c%10c%10c%12c%13c%12c%15c%13c%16c%17c6c7c%13c9c%10%12)C%144)C35C8%11)c2)cc1. The van der Waals surface area contributed by atoms with Gasteiger partial charge in [-0.1, -0.05) is 172 Å². The minimum atomic E-state index is -0.321. The van der Waals surface area contributed by atoms with E-state index in [9.17, 15) is 0 Å². The van der Waals surface area contributed by atoms with Crippen LogP contribution < -0.4 is 9.47 Å². The number of rotatable bonds is 29. The molecule has 3 heteroatoms. The van der Waals surface area contributed by atoms with E-state index in [1.54, 1.807) is 292 Å². The number of hydrogen-bond donors (Lipinski definition) is 0. The summed E-state index contributed by atoms with van der Waals surface area (Å²) in [6.07, 6.45) is 28.5. The quantitative estimate of drug-likeness (QED) is 0.0344. The maximum absolute atomic E-state index is 6.57. The minimum absolute atomic E-state index is 0.0996. The van der Waals surface area contributed by atoms with Crippen LogP contribution in [-0.4, -0.2) is 31.7 Å². The van der Waals surface area contributed by atoms with Crippen LogP contribution in [0.1, 0.15) is 221 Å². The van der Waals surface area contributed by atoms with Gasteiger partial charge in [0.15, 0.2) is 0 Å². The molecule has 6 aliphatic carbocycles. The fourth-order valence-corrected chi connectivity index (χ4v) is 32.9. The fraction of sp³-hybridized carbons (Fsp3) is 0.308. The van der Waals surface area contributed by atoms with Gasteiger partial charge >= 0.3 is 0 Å². The van der Waals surface area contributed by atoms with Crippen LogP contribution in [0.3, 0.4) is 0 Å². The fourth-order valence-electron chi connectivity index (χ4n) is 32.9. The third-order valence-electron chi connectivity index (χ3n) is 35.1. The molecule has 0 N–H and O–H groups in total. The van der Waals surface area contributed by atoms with Crippen molar-refractivity contribution in [3.8, 4) is 11.5 Å². The zero-order valence-corrected chi connectivity index (χ0v) is 62.5. The Hall–Kier alpha value is -10.1. The highest BCUT2D eigenvalue weighted by atomic mass is 16.5. The third-order valence-corrected chi connectivity index (χ3v) is 35.1. The number of benzene rings is 19. The predicted molar refractivity (Wildman–Crippen MR) is 466 cm³/mol. The Morgan fingerprint density at radius 2 is 0.545 bits per heavy atom. The molecule has 1 heterocycles. The smallest absolute Gasteiger partial charge is 0.119 e. The molecule has 7 aliphatic rings. The first kappa shape index (κ1) is 54.5. The van der Waals surface area contributed by atoms with Crippen molar-refractivity contribution in [1.29, 1.82) is 0 Å². The molecule has 5 unspecified atom stereocenters. The lowest BCUT2D eigenvalue weighted by molar-refractivity contribution is 0.199. The van der Waals surface area contributed by atoms with Crippen LogP contribution in [0, 0.1) is 0 Å². The summed E-state index contributed by atoms with van der Waals surface area (Å²) in [5, 5.41) is 84.4. The van der Waals surface area contributed by atoms with Crippen molar-refractivity contribution in [1.82, 2.24) is 4.90 Å². The molecule has 518 valence electrons. The number of likely N-dealkylation sites (N-methyl/N-ethyl adjacent to an activating group) is 1. The summed E-state index contributed by atoms with van der Waals surface area (Å²) >= 11 is 0. The Kier molecular flexibility index (Phi) is 8.10. The molecule has 5 atom stereocenters. The Morgan fingerprint density at radius 1 is 0.273 bits per heavy atom. The molecular weight excluding hydrogens is 1330 g/mol. The lowest BCUT2D eigenvalue weighted by atomic mass is 9.44. The molecular formula is C107H73NO2. The van der Waals surface area contributed by atoms with Crippen molar-refractivity contribution in [3.05, 3.63) is 128 Å². The van der Waals surface area contributed by atoms with Gasteiger partial charge in [0, 0.05) is 35.3 Å². The van der Waals surface area contributed by atoms with Crippen molar-refractivity contribution in [3.63, 3.8) is 0 Å². The van der Waals surface area contributed by atoms with Gasteiger partial charge in [-0.3, -0.25) is 4.90 Å². The Morgan fingerprint density at radius 3 is 0.918 bits per heavy atom. The second kappa shape index (κ2) is 16.3. The molecule has 0 saturated carbocycles. The molecule has 1 aliphatic heterocycles. The molecule has 36 rings (SSSR count). The molecule has 29 aromatic carbocycles. The van der Waals surface area contributed by atoms with E-state index in [4.69, 9.17) is 9.47 Å². The molecule has 0 radical (unpaired) electrons. The summed E-state index contributed by atoms with van der Waals surface area (Å²) in [6.45, 7) is 7.27. The monoisotopic (exact) mass is 1400 g/mol. The van der Waals surface area contributed by atoms with E-state index in [0.717, 1.165) is 56.9 Å². The molecule has 2 spiro atoms. The normalized spacial score (nSPS) is 21.1. The first-order valence-corrected chi connectivity index (χ1v) is 43.9. The van der Waals surface area contributed by atoms with Crippen LogP contribution in [0.25, 0.3) is 269 Å². The lowest BCUT2D eigenvalue weighted by Crippen LogP contribution is -2.55. The van der Waals surface area contributed by atoms with Crippen molar-refractivity contribution in [2.24, 2.45) is 0 Å². The second-order valence-electron chi connectivity index (χ2n) is 39.0. The van der Waals surface area contributed by atoms with Crippen LogP contribution in [0.4, 0.5) is 0 Å². The second-order valence-corrected chi connectivity index (χ2v) is 39.0. The molecule has 0 amide bonds. The standard InChI is InChI=1S/C107H73NO2/c1-4-6-8-10-12-14-16-18-20-22-32-109-45-28-24-40(25-29-45)34-42-36-43(35-41-26-30-46(31-27-41)110-33-23-21-19-17-15-13-11-9-7-5-2)38-44(37-42)105-107-103-96-88-76-68-59-50-48-47-49-53(50)62-69-67-58(49)60-56-51(47)54-55-52(48)57-61(59)74(76)82-80-66(57)64(55)72-71-63(54)65(56)79-81-73(60)75(67)87-89-77(69)78(70(62)68)90(88)99(103)98(89)101-94(87)92(81)95-85(79)83(71)91-84(72)86(80)97(93(82)96)104(107)100(91)102(95)106(101,107)39-108(105)3/h24-31,36-38,102-103,105H,4-23,32-35,39H2,1-3H3. The molecule has 1 saturated heterocycles. The van der Waals surface area contributed by atoms with Crippen molar-refractivity contribution < 1.29 is 9.47 Å². The van der Waals surface area contributed by atoms with E-state index in [-0.39, 0.29) is 28.7 Å². The maximum atomic E-state index is 6.57. The van der Waals surface area contributed by atoms with Gasteiger partial charge in [-0.2, -0.15) is 0 Å². The molecule has 3 nitrogen and oxygen atoms in total. The molecule has 29 aromatic rings. The number of hydrogen-bond acceptors (Lipinski definition) is 3. The van der Waals surface area contributed by atoms with E-state index in [1.807, 2.05) is 16.7 Å². The van der Waals surface area contributed by atoms with Crippen molar-refractivity contribution in [2.75, 3.05) is 26.8 Å². The number of ether oxygens (including phenoxy) is 2. The van der Waals surface area contributed by atoms with Crippen LogP contribution in [-0.2, 0) is 23.7 Å². The van der Waals surface area contributed by atoms with Gasteiger partial charge < -0.3 is 9.47 Å². The Bertz CT molecular complexity index is 8820. The van der Waals surface area contributed by atoms with Crippen molar-refractivity contribution >= 4 is 269 Å². The van der Waals surface area contributed by atoms with Crippen LogP contribution in [0.2, 0.25) is 0 Å². The van der Waals surface area contributed by atoms with Gasteiger partial charge in [-0.15, -0.1) is 0 Å².